The third-order valence-electron chi connectivity index (χ3n) is 3.11. The van der Waals surface area contributed by atoms with Crippen LogP contribution in [-0.4, -0.2) is 29.7 Å². The Bertz CT molecular complexity index is 701. The van der Waals surface area contributed by atoms with Gasteiger partial charge in [0.05, 0.1) is 12.7 Å². The van der Waals surface area contributed by atoms with E-state index >= 15 is 0 Å². The van der Waals surface area contributed by atoms with Crippen molar-refractivity contribution in [2.24, 2.45) is 0 Å². The van der Waals surface area contributed by atoms with Crippen LogP contribution in [0.3, 0.4) is 0 Å². The highest BCUT2D eigenvalue weighted by molar-refractivity contribution is 5.91. The number of nitro groups is 1. The van der Waals surface area contributed by atoms with Crippen molar-refractivity contribution >= 4 is 5.97 Å². The smallest absolute Gasteiger partial charge is 0.343 e. The monoisotopic (exact) mass is 317 g/mol. The lowest BCUT2D eigenvalue weighted by Gasteiger charge is -2.12. The van der Waals surface area contributed by atoms with Gasteiger partial charge in [0.15, 0.2) is 11.5 Å². The maximum absolute atomic E-state index is 12.0. The number of rotatable bonds is 6. The van der Waals surface area contributed by atoms with Crippen LogP contribution in [0.4, 0.5) is 0 Å². The maximum atomic E-state index is 12.0. The summed E-state index contributed by atoms with van der Waals surface area (Å²) in [4.78, 5) is 21.9. The second-order valence-electron chi connectivity index (χ2n) is 4.70. The summed E-state index contributed by atoms with van der Waals surface area (Å²) in [6.45, 7) is -0.619. The molecule has 0 aliphatic heterocycles. The van der Waals surface area contributed by atoms with Crippen LogP contribution in [0.15, 0.2) is 48.5 Å². The average molecular weight is 317 g/mol. The van der Waals surface area contributed by atoms with Crippen LogP contribution >= 0.6 is 0 Å². The van der Waals surface area contributed by atoms with Crippen molar-refractivity contribution in [1.29, 1.82) is 0 Å². The zero-order chi connectivity index (χ0) is 16.8. The van der Waals surface area contributed by atoms with Crippen LogP contribution in [0.2, 0.25) is 0 Å². The van der Waals surface area contributed by atoms with E-state index < -0.39 is 23.5 Å². The standard InChI is InChI=1S/C16H15NO6/c1-22-15-9-12(13(18)10-17(20)21)7-8-14(15)23-16(19)11-5-3-2-4-6-11/h2-9,13,18H,10H2,1H3. The molecule has 0 bridgehead atoms. The fraction of sp³-hybridized carbons (Fsp3) is 0.188. The number of carbonyl (C=O) groups excluding carboxylic acids is 1. The van der Waals surface area contributed by atoms with E-state index in [0.29, 0.717) is 11.1 Å². The number of hydrogen-bond acceptors (Lipinski definition) is 6. The first kappa shape index (κ1) is 16.4. The molecule has 0 heterocycles. The van der Waals surface area contributed by atoms with Gasteiger partial charge in [-0.1, -0.05) is 24.3 Å². The van der Waals surface area contributed by atoms with E-state index in [1.54, 1.807) is 30.3 Å². The van der Waals surface area contributed by atoms with Crippen LogP contribution in [0.5, 0.6) is 11.5 Å². The number of ether oxygens (including phenoxy) is 2. The molecule has 1 unspecified atom stereocenters. The van der Waals surface area contributed by atoms with Crippen LogP contribution < -0.4 is 9.47 Å². The highest BCUT2D eigenvalue weighted by Gasteiger charge is 2.18. The molecule has 0 aromatic heterocycles. The minimum atomic E-state index is -1.27. The zero-order valence-corrected chi connectivity index (χ0v) is 12.3. The average Bonchev–Trinajstić information content (AvgIpc) is 2.55. The van der Waals surface area contributed by atoms with Crippen LogP contribution in [0.1, 0.15) is 22.0 Å². The van der Waals surface area contributed by atoms with E-state index in [1.165, 1.54) is 25.3 Å². The Kier molecular flexibility index (Phi) is 5.27. The molecular weight excluding hydrogens is 302 g/mol. The van der Waals surface area contributed by atoms with Crippen molar-refractivity contribution in [2.45, 2.75) is 6.10 Å². The first-order chi connectivity index (χ1) is 11.0. The van der Waals surface area contributed by atoms with Gasteiger partial charge < -0.3 is 14.6 Å². The molecule has 23 heavy (non-hydrogen) atoms. The summed E-state index contributed by atoms with van der Waals surface area (Å²) < 4.78 is 10.4. The van der Waals surface area contributed by atoms with Gasteiger partial charge >= 0.3 is 5.97 Å². The third kappa shape index (κ3) is 4.27. The molecule has 0 spiro atoms. The zero-order valence-electron chi connectivity index (χ0n) is 12.3. The summed E-state index contributed by atoms with van der Waals surface area (Å²) in [5.74, 6) is -0.185. The molecule has 120 valence electrons. The Morgan fingerprint density at radius 3 is 2.52 bits per heavy atom. The van der Waals surface area contributed by atoms with Gasteiger partial charge in [0.1, 0.15) is 6.10 Å². The van der Waals surface area contributed by atoms with E-state index in [4.69, 9.17) is 9.47 Å². The summed E-state index contributed by atoms with van der Waals surface area (Å²) in [6.07, 6.45) is -1.27. The van der Waals surface area contributed by atoms with E-state index in [1.807, 2.05) is 0 Å². The second kappa shape index (κ2) is 7.37. The van der Waals surface area contributed by atoms with Gasteiger partial charge in [0.25, 0.3) is 0 Å². The van der Waals surface area contributed by atoms with Crippen LogP contribution in [0.25, 0.3) is 0 Å². The van der Waals surface area contributed by atoms with Crippen LogP contribution in [0, 0.1) is 10.1 Å². The van der Waals surface area contributed by atoms with E-state index in [2.05, 4.69) is 0 Å². The van der Waals surface area contributed by atoms with E-state index in [-0.39, 0.29) is 11.5 Å². The summed E-state index contributed by atoms with van der Waals surface area (Å²) in [6, 6.07) is 12.7. The highest BCUT2D eigenvalue weighted by atomic mass is 16.6. The number of methoxy groups -OCH3 is 1. The molecule has 7 heteroatoms. The molecular formula is C16H15NO6. The lowest BCUT2D eigenvalue weighted by atomic mass is 10.1. The fourth-order valence-electron chi connectivity index (χ4n) is 1.96. The number of esters is 1. The summed E-state index contributed by atoms with van der Waals surface area (Å²) in [5.41, 5.74) is 0.685. The third-order valence-corrected chi connectivity index (χ3v) is 3.11. The van der Waals surface area contributed by atoms with Crippen molar-refractivity contribution < 1.29 is 24.3 Å². The summed E-state index contributed by atoms with van der Waals surface area (Å²) >= 11 is 0. The molecule has 0 fully saturated rings. The second-order valence-corrected chi connectivity index (χ2v) is 4.70. The molecule has 2 aromatic carbocycles. The van der Waals surface area contributed by atoms with Crippen molar-refractivity contribution in [1.82, 2.24) is 0 Å². The SMILES string of the molecule is COc1cc(C(O)C[N+](=O)[O-])ccc1OC(=O)c1ccccc1. The summed E-state index contributed by atoms with van der Waals surface area (Å²) in [5, 5.41) is 20.2. The van der Waals surface area contributed by atoms with Gasteiger partial charge in [-0.25, -0.2) is 4.79 Å². The van der Waals surface area contributed by atoms with Gasteiger partial charge in [-0.15, -0.1) is 0 Å². The molecule has 1 atom stereocenters. The molecule has 0 amide bonds. The van der Waals surface area contributed by atoms with Crippen molar-refractivity contribution in [3.05, 3.63) is 69.8 Å². The molecule has 1 N–H and O–H groups in total. The topological polar surface area (TPSA) is 98.9 Å². The van der Waals surface area contributed by atoms with E-state index in [0.717, 1.165) is 0 Å². The molecule has 0 aliphatic carbocycles. The number of aliphatic hydroxyl groups excluding tert-OH is 1. The molecule has 2 aromatic rings. The Balaban J connectivity index is 2.20. The Morgan fingerprint density at radius 2 is 1.91 bits per heavy atom. The van der Waals surface area contributed by atoms with Crippen molar-refractivity contribution in [2.75, 3.05) is 13.7 Å². The molecule has 2 rings (SSSR count). The molecule has 0 saturated carbocycles. The Hall–Kier alpha value is -2.93. The van der Waals surface area contributed by atoms with Crippen LogP contribution in [-0.2, 0) is 0 Å². The molecule has 0 saturated heterocycles. The lowest BCUT2D eigenvalue weighted by molar-refractivity contribution is -0.491. The minimum absolute atomic E-state index is 0.165. The predicted molar refractivity (Wildman–Crippen MR) is 81.2 cm³/mol. The minimum Gasteiger partial charge on any atom is -0.493 e. The van der Waals surface area contributed by atoms with Gasteiger partial charge in [-0.05, 0) is 29.8 Å². The molecule has 0 aliphatic rings. The van der Waals surface area contributed by atoms with Crippen molar-refractivity contribution in [3.8, 4) is 11.5 Å². The van der Waals surface area contributed by atoms with E-state index in [9.17, 15) is 20.0 Å². The number of hydrogen-bond donors (Lipinski definition) is 1. The molecule has 7 nitrogen and oxygen atoms in total. The largest absolute Gasteiger partial charge is 0.493 e. The first-order valence-corrected chi connectivity index (χ1v) is 6.76. The first-order valence-electron chi connectivity index (χ1n) is 6.76. The number of carbonyl (C=O) groups is 1. The van der Waals surface area contributed by atoms with Crippen molar-refractivity contribution in [3.63, 3.8) is 0 Å². The molecule has 0 radical (unpaired) electrons. The highest BCUT2D eigenvalue weighted by Crippen LogP contribution is 2.31. The van der Waals surface area contributed by atoms with Gasteiger partial charge in [-0.3, -0.25) is 10.1 Å². The quantitative estimate of drug-likeness (QED) is 0.379. The number of benzene rings is 2. The normalized spacial score (nSPS) is 11.6. The lowest BCUT2D eigenvalue weighted by Crippen LogP contribution is -2.12. The Labute approximate surface area is 132 Å². The summed E-state index contributed by atoms with van der Waals surface area (Å²) in [7, 11) is 1.37. The Morgan fingerprint density at radius 1 is 1.22 bits per heavy atom. The maximum Gasteiger partial charge on any atom is 0.343 e. The number of aliphatic hydroxyl groups is 1. The number of nitrogens with zero attached hydrogens (tertiary/aromatic N) is 1. The van der Waals surface area contributed by atoms with Gasteiger partial charge in [0.2, 0.25) is 6.54 Å². The van der Waals surface area contributed by atoms with Gasteiger partial charge in [-0.2, -0.15) is 0 Å². The fourth-order valence-corrected chi connectivity index (χ4v) is 1.96. The predicted octanol–water partition coefficient (Wildman–Crippen LogP) is 2.22. The van der Waals surface area contributed by atoms with Gasteiger partial charge in [0, 0.05) is 4.92 Å².